The molecule has 16 heavy (non-hydrogen) atoms. The molecule has 1 atom stereocenters. The Labute approximate surface area is 99.5 Å². The van der Waals surface area contributed by atoms with Gasteiger partial charge in [0.25, 0.3) is 0 Å². The molecule has 3 nitrogen and oxygen atoms in total. The third-order valence-corrected chi connectivity index (χ3v) is 3.25. The summed E-state index contributed by atoms with van der Waals surface area (Å²) in [5.74, 6) is 7.17. The third kappa shape index (κ3) is 3.37. The molecule has 0 radical (unpaired) electrons. The molecule has 0 aliphatic rings. The Morgan fingerprint density at radius 2 is 2.31 bits per heavy atom. The Morgan fingerprint density at radius 3 is 2.81 bits per heavy atom. The van der Waals surface area contributed by atoms with Crippen LogP contribution in [0.5, 0.6) is 5.75 Å². The Morgan fingerprint density at radius 1 is 1.56 bits per heavy atom. The van der Waals surface area contributed by atoms with Gasteiger partial charge in [0, 0.05) is 5.75 Å². The van der Waals surface area contributed by atoms with Crippen molar-refractivity contribution in [1.82, 2.24) is 5.43 Å². The monoisotopic (exact) mass is 244 g/mol. The highest BCUT2D eigenvalue weighted by molar-refractivity contribution is 7.99. The number of thioether (sulfide) groups is 1. The summed E-state index contributed by atoms with van der Waals surface area (Å²) in [5.41, 5.74) is 3.52. The number of ether oxygens (including phenoxy) is 1. The van der Waals surface area contributed by atoms with E-state index in [0.717, 1.165) is 17.1 Å². The van der Waals surface area contributed by atoms with Crippen LogP contribution in [-0.4, -0.2) is 18.6 Å². The predicted molar refractivity (Wildman–Crippen MR) is 66.0 cm³/mol. The zero-order chi connectivity index (χ0) is 12.0. The van der Waals surface area contributed by atoms with Crippen molar-refractivity contribution in [3.63, 3.8) is 0 Å². The quantitative estimate of drug-likeness (QED) is 0.594. The average Bonchev–Trinajstić information content (AvgIpc) is 2.30. The number of hydrogen-bond donors (Lipinski definition) is 2. The summed E-state index contributed by atoms with van der Waals surface area (Å²) in [7, 11) is 1.45. The zero-order valence-electron chi connectivity index (χ0n) is 9.50. The van der Waals surface area contributed by atoms with E-state index < -0.39 is 0 Å². The van der Waals surface area contributed by atoms with Gasteiger partial charge in [0.15, 0.2) is 11.6 Å². The van der Waals surface area contributed by atoms with Gasteiger partial charge in [-0.2, -0.15) is 11.8 Å². The molecule has 0 fully saturated rings. The van der Waals surface area contributed by atoms with E-state index >= 15 is 0 Å². The summed E-state index contributed by atoms with van der Waals surface area (Å²) in [5, 5.41) is 0. The molecule has 1 unspecified atom stereocenters. The lowest BCUT2D eigenvalue weighted by atomic mass is 10.1. The first-order chi connectivity index (χ1) is 7.72. The van der Waals surface area contributed by atoms with Crippen LogP contribution in [0.15, 0.2) is 18.2 Å². The van der Waals surface area contributed by atoms with E-state index in [1.54, 1.807) is 17.8 Å². The van der Waals surface area contributed by atoms with Crippen LogP contribution in [0.4, 0.5) is 4.39 Å². The number of benzene rings is 1. The summed E-state index contributed by atoms with van der Waals surface area (Å²) in [6.07, 6.45) is 0. The molecule has 90 valence electrons. The van der Waals surface area contributed by atoms with E-state index in [4.69, 9.17) is 10.6 Å². The molecule has 0 aromatic heterocycles. The fraction of sp³-hybridized carbons (Fsp3) is 0.455. The molecule has 0 aliphatic heterocycles. The average molecular weight is 244 g/mol. The molecular weight excluding hydrogens is 227 g/mol. The number of nitrogens with one attached hydrogen (secondary N) is 1. The second-order valence-corrected chi connectivity index (χ2v) is 4.59. The van der Waals surface area contributed by atoms with Gasteiger partial charge in [0.2, 0.25) is 0 Å². The summed E-state index contributed by atoms with van der Waals surface area (Å²) in [6, 6.07) is 4.86. The van der Waals surface area contributed by atoms with Crippen molar-refractivity contribution < 1.29 is 9.13 Å². The van der Waals surface area contributed by atoms with Crippen LogP contribution in [0.3, 0.4) is 0 Å². The van der Waals surface area contributed by atoms with E-state index in [9.17, 15) is 4.39 Å². The van der Waals surface area contributed by atoms with Gasteiger partial charge in [-0.3, -0.25) is 11.3 Å². The highest BCUT2D eigenvalue weighted by atomic mass is 32.2. The second kappa shape index (κ2) is 6.73. The fourth-order valence-electron chi connectivity index (χ4n) is 1.38. The highest BCUT2D eigenvalue weighted by Gasteiger charge is 2.12. The van der Waals surface area contributed by atoms with Crippen LogP contribution in [0, 0.1) is 5.82 Å². The van der Waals surface area contributed by atoms with Crippen LogP contribution in [-0.2, 0) is 0 Å². The molecule has 0 amide bonds. The molecule has 0 bridgehead atoms. The van der Waals surface area contributed by atoms with E-state index in [-0.39, 0.29) is 17.6 Å². The lowest BCUT2D eigenvalue weighted by Crippen LogP contribution is -2.29. The normalized spacial score (nSPS) is 12.5. The van der Waals surface area contributed by atoms with E-state index in [0.29, 0.717) is 0 Å². The Kier molecular flexibility index (Phi) is 5.59. The maximum Gasteiger partial charge on any atom is 0.165 e. The number of methoxy groups -OCH3 is 1. The summed E-state index contributed by atoms with van der Waals surface area (Å²) < 4.78 is 18.3. The first-order valence-electron chi connectivity index (χ1n) is 5.10. The second-order valence-electron chi connectivity index (χ2n) is 3.27. The molecule has 0 spiro atoms. The van der Waals surface area contributed by atoms with Crippen molar-refractivity contribution in [3.05, 3.63) is 29.6 Å². The van der Waals surface area contributed by atoms with Gasteiger partial charge >= 0.3 is 0 Å². The smallest absolute Gasteiger partial charge is 0.165 e. The molecule has 3 N–H and O–H groups in total. The van der Waals surface area contributed by atoms with Crippen molar-refractivity contribution in [3.8, 4) is 5.75 Å². The van der Waals surface area contributed by atoms with Crippen LogP contribution in [0.1, 0.15) is 18.5 Å². The molecule has 0 saturated carbocycles. The van der Waals surface area contributed by atoms with Gasteiger partial charge in [0.1, 0.15) is 0 Å². The number of nitrogens with two attached hydrogens (primary N) is 1. The van der Waals surface area contributed by atoms with Crippen LogP contribution >= 0.6 is 11.8 Å². The fourth-order valence-corrected chi connectivity index (χ4v) is 2.14. The van der Waals surface area contributed by atoms with E-state index in [2.05, 4.69) is 12.3 Å². The van der Waals surface area contributed by atoms with Gasteiger partial charge in [-0.25, -0.2) is 4.39 Å². The first-order valence-corrected chi connectivity index (χ1v) is 6.25. The number of hydrazine groups is 1. The van der Waals surface area contributed by atoms with Crippen LogP contribution < -0.4 is 16.0 Å². The summed E-state index contributed by atoms with van der Waals surface area (Å²) in [6.45, 7) is 2.08. The summed E-state index contributed by atoms with van der Waals surface area (Å²) >= 11 is 1.76. The first kappa shape index (κ1) is 13.3. The Balaban J connectivity index is 2.80. The van der Waals surface area contributed by atoms with Gasteiger partial charge < -0.3 is 4.74 Å². The number of rotatable bonds is 6. The van der Waals surface area contributed by atoms with E-state index in [1.165, 1.54) is 13.2 Å². The molecule has 1 rings (SSSR count). The van der Waals surface area contributed by atoms with Gasteiger partial charge in [-0.15, -0.1) is 0 Å². The standard InChI is InChI=1S/C11H17FN2OS/c1-3-16-7-10(14-13)8-4-5-11(15-2)9(12)6-8/h4-6,10,14H,3,7,13H2,1-2H3. The minimum absolute atomic E-state index is 0.0367. The lowest BCUT2D eigenvalue weighted by molar-refractivity contribution is 0.385. The van der Waals surface area contributed by atoms with Gasteiger partial charge in [0.05, 0.1) is 13.2 Å². The van der Waals surface area contributed by atoms with Gasteiger partial charge in [-0.05, 0) is 23.4 Å². The topological polar surface area (TPSA) is 47.3 Å². The Hall–Kier alpha value is -0.780. The maximum absolute atomic E-state index is 13.5. The van der Waals surface area contributed by atoms with Crippen molar-refractivity contribution in [2.45, 2.75) is 13.0 Å². The highest BCUT2D eigenvalue weighted by Crippen LogP contribution is 2.23. The largest absolute Gasteiger partial charge is 0.494 e. The molecule has 0 aliphatic carbocycles. The third-order valence-electron chi connectivity index (χ3n) is 2.27. The minimum Gasteiger partial charge on any atom is -0.494 e. The molecule has 0 heterocycles. The summed E-state index contributed by atoms with van der Waals surface area (Å²) in [4.78, 5) is 0. The predicted octanol–water partition coefficient (Wildman–Crippen LogP) is 2.09. The Bertz CT molecular complexity index is 336. The molecule has 0 saturated heterocycles. The van der Waals surface area contributed by atoms with Crippen molar-refractivity contribution in [1.29, 1.82) is 0 Å². The minimum atomic E-state index is -0.359. The van der Waals surface area contributed by atoms with Crippen LogP contribution in [0.25, 0.3) is 0 Å². The number of halogens is 1. The van der Waals surface area contributed by atoms with Gasteiger partial charge in [-0.1, -0.05) is 13.0 Å². The molecule has 1 aromatic rings. The van der Waals surface area contributed by atoms with Crippen molar-refractivity contribution in [2.75, 3.05) is 18.6 Å². The lowest BCUT2D eigenvalue weighted by Gasteiger charge is -2.16. The van der Waals surface area contributed by atoms with Crippen molar-refractivity contribution in [2.24, 2.45) is 5.84 Å². The molecule has 5 heteroatoms. The van der Waals surface area contributed by atoms with E-state index in [1.807, 2.05) is 6.07 Å². The van der Waals surface area contributed by atoms with Crippen molar-refractivity contribution >= 4 is 11.8 Å². The SMILES string of the molecule is CCSCC(NN)c1ccc(OC)c(F)c1. The maximum atomic E-state index is 13.5. The number of hydrogen-bond acceptors (Lipinski definition) is 4. The molecule has 1 aromatic carbocycles. The molecular formula is C11H17FN2OS. The zero-order valence-corrected chi connectivity index (χ0v) is 10.3. The van der Waals surface area contributed by atoms with Crippen LogP contribution in [0.2, 0.25) is 0 Å².